The molecule has 0 bridgehead atoms. The van der Waals surface area contributed by atoms with E-state index in [0.29, 0.717) is 33.0 Å². The summed E-state index contributed by atoms with van der Waals surface area (Å²) in [7, 11) is 0. The lowest BCUT2D eigenvalue weighted by atomic mass is 9.98. The number of aryl methyl sites for hydroxylation is 1. The Bertz CT molecular complexity index is 1620. The second kappa shape index (κ2) is 9.56. The van der Waals surface area contributed by atoms with E-state index in [2.05, 4.69) is 42.1 Å². The highest BCUT2D eigenvalue weighted by Gasteiger charge is 2.20. The van der Waals surface area contributed by atoms with Gasteiger partial charge in [-0.25, -0.2) is 9.37 Å². The van der Waals surface area contributed by atoms with Gasteiger partial charge in [-0.05, 0) is 30.2 Å². The number of benzene rings is 2. The molecular weight excluding hydrogens is 486 g/mol. The molecule has 3 aromatic heterocycles. The summed E-state index contributed by atoms with van der Waals surface area (Å²) < 4.78 is 27.1. The zero-order chi connectivity index (χ0) is 25.2. The van der Waals surface area contributed by atoms with E-state index < -0.39 is 11.8 Å². The highest BCUT2D eigenvalue weighted by molar-refractivity contribution is 6.36. The molecule has 8 nitrogen and oxygen atoms in total. The van der Waals surface area contributed by atoms with Crippen molar-refractivity contribution in [1.82, 2.24) is 25.4 Å². The monoisotopic (exact) mass is 502 g/mol. The number of hydrogen-bond acceptors (Lipinski definition) is 7. The van der Waals surface area contributed by atoms with Crippen molar-refractivity contribution in [2.45, 2.75) is 13.0 Å². The van der Waals surface area contributed by atoms with Gasteiger partial charge >= 0.3 is 0 Å². The van der Waals surface area contributed by atoms with Gasteiger partial charge in [0.25, 0.3) is 0 Å². The molecule has 0 spiro atoms. The maximum absolute atomic E-state index is 13.8. The smallest absolute Gasteiger partial charge is 0.249 e. The first-order valence-corrected chi connectivity index (χ1v) is 11.1. The molecule has 2 aromatic carbocycles. The summed E-state index contributed by atoms with van der Waals surface area (Å²) in [5.41, 5.74) is 4.41. The van der Waals surface area contributed by atoms with Crippen LogP contribution in [-0.2, 0) is 0 Å². The first-order valence-electron chi connectivity index (χ1n) is 10.7. The maximum Gasteiger partial charge on any atom is 0.249 e. The zero-order valence-corrected chi connectivity index (χ0v) is 19.5. The number of aromatic amines is 1. The van der Waals surface area contributed by atoms with Crippen LogP contribution in [0.5, 0.6) is 0 Å². The van der Waals surface area contributed by atoms with E-state index in [0.717, 1.165) is 23.4 Å². The van der Waals surface area contributed by atoms with E-state index in [1.54, 1.807) is 18.3 Å². The molecule has 36 heavy (non-hydrogen) atoms. The third kappa shape index (κ3) is 4.39. The van der Waals surface area contributed by atoms with Crippen molar-refractivity contribution in [3.8, 4) is 6.07 Å². The molecular formula is C25H17ClF2N8. The largest absolute Gasteiger partial charge is 0.373 e. The Balaban J connectivity index is 1.63. The molecule has 0 saturated heterocycles. The molecule has 3 heterocycles. The quantitative estimate of drug-likeness (QED) is 0.251. The first kappa shape index (κ1) is 23.1. The highest BCUT2D eigenvalue weighted by Crippen LogP contribution is 2.37. The van der Waals surface area contributed by atoms with Crippen molar-refractivity contribution in [3.63, 3.8) is 0 Å². The predicted molar refractivity (Wildman–Crippen MR) is 132 cm³/mol. The number of anilines is 3. The third-order valence-corrected chi connectivity index (χ3v) is 5.94. The molecule has 5 aromatic rings. The summed E-state index contributed by atoms with van der Waals surface area (Å²) in [5, 5.41) is 27.8. The number of nitriles is 1. The Morgan fingerprint density at radius 3 is 2.61 bits per heavy atom. The Hall–Kier alpha value is -4.62. The van der Waals surface area contributed by atoms with Crippen LogP contribution >= 0.6 is 11.6 Å². The minimum Gasteiger partial charge on any atom is -0.373 e. The number of rotatable bonds is 6. The molecule has 0 saturated carbocycles. The lowest BCUT2D eigenvalue weighted by Gasteiger charge is -2.21. The Kier molecular flexibility index (Phi) is 6.14. The normalized spacial score (nSPS) is 11.8. The first-order chi connectivity index (χ1) is 17.4. The van der Waals surface area contributed by atoms with Crippen molar-refractivity contribution in [1.29, 1.82) is 5.26 Å². The molecule has 0 amide bonds. The van der Waals surface area contributed by atoms with Gasteiger partial charge < -0.3 is 10.6 Å². The average Bonchev–Trinajstić information content (AvgIpc) is 3.40. The van der Waals surface area contributed by atoms with Crippen molar-refractivity contribution >= 4 is 39.6 Å². The molecule has 3 N–H and O–H groups in total. The van der Waals surface area contributed by atoms with Crippen molar-refractivity contribution < 1.29 is 8.78 Å². The van der Waals surface area contributed by atoms with Gasteiger partial charge in [0.2, 0.25) is 5.95 Å². The minimum atomic E-state index is -1.22. The number of halogens is 3. The summed E-state index contributed by atoms with van der Waals surface area (Å²) in [4.78, 5) is 7.73. The molecule has 5 rings (SSSR count). The second-order valence-electron chi connectivity index (χ2n) is 7.96. The maximum atomic E-state index is 13.8. The number of pyridine rings is 2. The number of nitrogens with zero attached hydrogens (tertiary/aromatic N) is 5. The van der Waals surface area contributed by atoms with Crippen LogP contribution in [0.1, 0.15) is 28.4 Å². The number of hydrogen-bond donors (Lipinski definition) is 3. The van der Waals surface area contributed by atoms with E-state index in [1.807, 2.05) is 31.2 Å². The average molecular weight is 503 g/mol. The van der Waals surface area contributed by atoms with E-state index in [1.165, 1.54) is 6.20 Å². The van der Waals surface area contributed by atoms with Gasteiger partial charge in [0.1, 0.15) is 11.8 Å². The fourth-order valence-electron chi connectivity index (χ4n) is 3.93. The van der Waals surface area contributed by atoms with Gasteiger partial charge in [-0.3, -0.25) is 4.98 Å². The Morgan fingerprint density at radius 1 is 1.06 bits per heavy atom. The lowest BCUT2D eigenvalue weighted by molar-refractivity contribution is 0.480. The summed E-state index contributed by atoms with van der Waals surface area (Å²) in [6.07, 6.45) is 4.13. The fraction of sp³-hybridized carbons (Fsp3) is 0.0800. The van der Waals surface area contributed by atoms with Crippen LogP contribution in [-0.4, -0.2) is 25.4 Å². The lowest BCUT2D eigenvalue weighted by Crippen LogP contribution is -2.14. The Labute approximate surface area is 209 Å². The molecule has 178 valence electrons. The van der Waals surface area contributed by atoms with Gasteiger partial charge in [-0.15, -0.1) is 0 Å². The molecule has 1 atom stereocenters. The van der Waals surface area contributed by atoms with Crippen molar-refractivity contribution in [3.05, 3.63) is 100 Å². The standard InChI is InChI=1S/C25H17ClF2N8/c1-13-4-2-3-5-17(13)24(21-12-32-36-35-21)33-15-6-18-22(34-16-8-20(27)25(28)31-11-16)14(9-29)10-30-23(18)19(26)7-15/h2-8,10-12,24,33H,1H3,(H,30,34)(H,32,35,36). The summed E-state index contributed by atoms with van der Waals surface area (Å²) in [6, 6.07) is 14.0. The van der Waals surface area contributed by atoms with E-state index in [-0.39, 0.29) is 17.3 Å². The molecule has 0 fully saturated rings. The number of nitrogens with one attached hydrogen (secondary N) is 3. The van der Waals surface area contributed by atoms with Gasteiger partial charge in [-0.2, -0.15) is 25.1 Å². The predicted octanol–water partition coefficient (Wildman–Crippen LogP) is 5.80. The van der Waals surface area contributed by atoms with Crippen LogP contribution < -0.4 is 10.6 Å². The SMILES string of the molecule is Cc1ccccc1C(Nc1cc(Cl)c2ncc(C#N)c(Nc3cnc(F)c(F)c3)c2c1)c1cn[nH]n1. The van der Waals surface area contributed by atoms with Crippen LogP contribution in [0.2, 0.25) is 5.02 Å². The molecule has 0 aliphatic carbocycles. The van der Waals surface area contributed by atoms with Crippen LogP contribution in [0.25, 0.3) is 10.9 Å². The molecule has 0 aliphatic rings. The topological polar surface area (TPSA) is 115 Å². The van der Waals surface area contributed by atoms with Crippen LogP contribution in [0.4, 0.5) is 25.8 Å². The van der Waals surface area contributed by atoms with Crippen LogP contribution in [0.15, 0.2) is 61.1 Å². The third-order valence-electron chi connectivity index (χ3n) is 5.65. The number of aromatic nitrogens is 5. The fourth-order valence-corrected chi connectivity index (χ4v) is 4.20. The second-order valence-corrected chi connectivity index (χ2v) is 8.37. The zero-order valence-electron chi connectivity index (χ0n) is 18.7. The minimum absolute atomic E-state index is 0.160. The highest BCUT2D eigenvalue weighted by atomic mass is 35.5. The van der Waals surface area contributed by atoms with Crippen LogP contribution in [0.3, 0.4) is 0 Å². The van der Waals surface area contributed by atoms with Gasteiger partial charge in [0.15, 0.2) is 5.82 Å². The van der Waals surface area contributed by atoms with Crippen LogP contribution in [0, 0.1) is 30.0 Å². The van der Waals surface area contributed by atoms with E-state index in [4.69, 9.17) is 11.6 Å². The molecule has 11 heteroatoms. The molecule has 0 aliphatic heterocycles. The van der Waals surface area contributed by atoms with Crippen molar-refractivity contribution in [2.75, 3.05) is 10.6 Å². The van der Waals surface area contributed by atoms with Crippen molar-refractivity contribution in [2.24, 2.45) is 0 Å². The number of fused-ring (bicyclic) bond motifs is 1. The van der Waals surface area contributed by atoms with Gasteiger partial charge in [0.05, 0.1) is 45.9 Å². The van der Waals surface area contributed by atoms with E-state index in [9.17, 15) is 14.0 Å². The summed E-state index contributed by atoms with van der Waals surface area (Å²) in [5.74, 6) is -2.34. The Morgan fingerprint density at radius 2 is 1.89 bits per heavy atom. The van der Waals surface area contributed by atoms with Gasteiger partial charge in [-0.1, -0.05) is 35.9 Å². The van der Waals surface area contributed by atoms with E-state index >= 15 is 0 Å². The number of H-pyrrole nitrogens is 1. The summed E-state index contributed by atoms with van der Waals surface area (Å²) >= 11 is 6.60. The molecule has 0 radical (unpaired) electrons. The van der Waals surface area contributed by atoms with Gasteiger partial charge in [0, 0.05) is 23.3 Å². The summed E-state index contributed by atoms with van der Waals surface area (Å²) in [6.45, 7) is 2.00. The molecule has 1 unspecified atom stereocenters.